The number of amides is 1. The normalized spacial score (nSPS) is 23.5. The number of hydrogen-bond acceptors (Lipinski definition) is 6. The number of furan rings is 1. The SMILES string of the molecule is Cc1cc2c(cc1Cc1ccc(C(=O)NCC3CCCC(CNc4cccc(NCC5CCCO5)n4)C3)o1)C(C)(C)CCC2(C)C. The second-order valence-corrected chi connectivity index (χ2v) is 15.4. The number of hydrogen-bond donors (Lipinski definition) is 3. The summed E-state index contributed by atoms with van der Waals surface area (Å²) in [5.41, 5.74) is 5.88. The molecule has 0 bridgehead atoms. The molecule has 6 rings (SSSR count). The molecule has 1 amide bonds. The number of rotatable bonds is 11. The smallest absolute Gasteiger partial charge is 0.287 e. The number of fused-ring (bicyclic) bond motifs is 1. The van der Waals surface area contributed by atoms with Crippen molar-refractivity contribution in [3.8, 4) is 0 Å². The van der Waals surface area contributed by atoms with Gasteiger partial charge in [-0.25, -0.2) is 4.98 Å². The maximum absolute atomic E-state index is 13.1. The first-order chi connectivity index (χ1) is 22.1. The van der Waals surface area contributed by atoms with Gasteiger partial charge >= 0.3 is 0 Å². The Morgan fingerprint density at radius 1 is 0.870 bits per heavy atom. The van der Waals surface area contributed by atoms with Crippen LogP contribution in [0.15, 0.2) is 46.9 Å². The van der Waals surface area contributed by atoms with Crippen molar-refractivity contribution in [3.05, 3.63) is 76.2 Å². The second-order valence-electron chi connectivity index (χ2n) is 15.4. The van der Waals surface area contributed by atoms with Gasteiger partial charge in [0.15, 0.2) is 5.76 Å². The largest absolute Gasteiger partial charge is 0.456 e. The van der Waals surface area contributed by atoms with Crippen LogP contribution < -0.4 is 16.0 Å². The van der Waals surface area contributed by atoms with Gasteiger partial charge in [0.25, 0.3) is 5.91 Å². The number of pyridine rings is 1. The van der Waals surface area contributed by atoms with Crippen molar-refractivity contribution < 1.29 is 13.9 Å². The lowest BCUT2D eigenvalue weighted by molar-refractivity contribution is 0.0911. The predicted molar refractivity (Wildman–Crippen MR) is 186 cm³/mol. The Bertz CT molecular complexity index is 1500. The number of carbonyl (C=O) groups is 1. The third-order valence-corrected chi connectivity index (χ3v) is 10.9. The van der Waals surface area contributed by atoms with Gasteiger partial charge < -0.3 is 25.1 Å². The molecule has 1 saturated carbocycles. The highest BCUT2D eigenvalue weighted by Gasteiger charge is 2.37. The van der Waals surface area contributed by atoms with Crippen molar-refractivity contribution in [3.63, 3.8) is 0 Å². The van der Waals surface area contributed by atoms with Crippen LogP contribution in [0.5, 0.6) is 0 Å². The van der Waals surface area contributed by atoms with E-state index in [1.807, 2.05) is 30.3 Å². The molecule has 3 N–H and O–H groups in total. The summed E-state index contributed by atoms with van der Waals surface area (Å²) in [6.07, 6.45) is 10.3. The second kappa shape index (κ2) is 13.8. The highest BCUT2D eigenvalue weighted by atomic mass is 16.5. The minimum Gasteiger partial charge on any atom is -0.456 e. The lowest BCUT2D eigenvalue weighted by Crippen LogP contribution is -2.34. The fourth-order valence-corrected chi connectivity index (χ4v) is 7.74. The fraction of sp³-hybridized carbons (Fsp3) is 0.590. The van der Waals surface area contributed by atoms with Crippen molar-refractivity contribution in [1.82, 2.24) is 10.3 Å². The van der Waals surface area contributed by atoms with E-state index < -0.39 is 0 Å². The van der Waals surface area contributed by atoms with Gasteiger partial charge in [0.05, 0.1) is 6.10 Å². The summed E-state index contributed by atoms with van der Waals surface area (Å²) >= 11 is 0. The zero-order valence-electron chi connectivity index (χ0n) is 28.6. The first kappa shape index (κ1) is 32.6. The quantitative estimate of drug-likeness (QED) is 0.199. The summed E-state index contributed by atoms with van der Waals surface area (Å²) in [6.45, 7) is 14.9. The van der Waals surface area contributed by atoms with Crippen LogP contribution in [-0.4, -0.2) is 43.2 Å². The van der Waals surface area contributed by atoms with Gasteiger partial charge in [-0.2, -0.15) is 0 Å². The van der Waals surface area contributed by atoms with Crippen molar-refractivity contribution in [1.29, 1.82) is 0 Å². The van der Waals surface area contributed by atoms with Crippen LogP contribution in [-0.2, 0) is 22.0 Å². The van der Waals surface area contributed by atoms with Gasteiger partial charge in [-0.3, -0.25) is 4.79 Å². The van der Waals surface area contributed by atoms with Gasteiger partial charge in [0.1, 0.15) is 17.4 Å². The van der Waals surface area contributed by atoms with Gasteiger partial charge in [-0.1, -0.05) is 52.3 Å². The Morgan fingerprint density at radius 3 is 2.28 bits per heavy atom. The standard InChI is InChI=1S/C39H54N4O3/c1-26-19-32-33(39(4,5)17-16-38(32,2)3)22-29(26)21-30-14-15-34(46-30)37(44)42-24-28-10-6-9-27(20-28)23-40-35-12-7-13-36(43-35)41-25-31-11-8-18-45-31/h7,12-15,19,22,27-28,31H,6,8-11,16-18,20-21,23-25H2,1-5H3,(H,42,44)(H2,40,41,43). The molecule has 248 valence electrons. The van der Waals surface area contributed by atoms with Crippen molar-refractivity contribution in [2.45, 2.75) is 109 Å². The number of nitrogens with zero attached hydrogens (tertiary/aromatic N) is 1. The van der Waals surface area contributed by atoms with Crippen LogP contribution in [0.25, 0.3) is 0 Å². The van der Waals surface area contributed by atoms with E-state index in [2.05, 4.69) is 62.7 Å². The van der Waals surface area contributed by atoms with Crippen LogP contribution in [0.1, 0.15) is 118 Å². The van der Waals surface area contributed by atoms with Crippen LogP contribution in [0, 0.1) is 18.8 Å². The van der Waals surface area contributed by atoms with Gasteiger partial charge in [-0.05, 0) is 121 Å². The highest BCUT2D eigenvalue weighted by Crippen LogP contribution is 2.46. The number of aryl methyl sites for hydroxylation is 1. The van der Waals surface area contributed by atoms with Crippen LogP contribution in [0.3, 0.4) is 0 Å². The molecule has 0 radical (unpaired) electrons. The van der Waals surface area contributed by atoms with Gasteiger partial charge in [0.2, 0.25) is 0 Å². The molecule has 0 spiro atoms. The molecule has 1 saturated heterocycles. The minimum atomic E-state index is -0.118. The Kier molecular flexibility index (Phi) is 9.79. The van der Waals surface area contributed by atoms with Gasteiger partial charge in [-0.15, -0.1) is 0 Å². The van der Waals surface area contributed by atoms with E-state index in [4.69, 9.17) is 14.1 Å². The van der Waals surface area contributed by atoms with E-state index in [0.717, 1.165) is 62.8 Å². The number of anilines is 2. The summed E-state index contributed by atoms with van der Waals surface area (Å²) in [4.78, 5) is 17.8. The number of ether oxygens (including phenoxy) is 1. The minimum absolute atomic E-state index is 0.118. The predicted octanol–water partition coefficient (Wildman–Crippen LogP) is 8.16. The molecular formula is C39H54N4O3. The summed E-state index contributed by atoms with van der Waals surface area (Å²) in [7, 11) is 0. The number of benzene rings is 1. The zero-order valence-corrected chi connectivity index (χ0v) is 28.6. The van der Waals surface area contributed by atoms with E-state index in [1.165, 1.54) is 47.9 Å². The first-order valence-electron chi connectivity index (χ1n) is 17.6. The first-order valence-corrected chi connectivity index (χ1v) is 17.6. The fourth-order valence-electron chi connectivity index (χ4n) is 7.74. The molecule has 1 aromatic carbocycles. The Balaban J connectivity index is 0.980. The lowest BCUT2D eigenvalue weighted by Gasteiger charge is -2.42. The van der Waals surface area contributed by atoms with E-state index in [-0.39, 0.29) is 22.8 Å². The third kappa shape index (κ3) is 7.79. The Hall–Kier alpha value is -3.32. The maximum Gasteiger partial charge on any atom is 0.287 e. The molecular weight excluding hydrogens is 572 g/mol. The molecule has 3 aliphatic rings. The number of nitrogens with one attached hydrogen (secondary N) is 3. The molecule has 2 aromatic heterocycles. The molecule has 3 aromatic rings. The van der Waals surface area contributed by atoms with E-state index in [9.17, 15) is 4.79 Å². The van der Waals surface area contributed by atoms with Crippen molar-refractivity contribution >= 4 is 17.5 Å². The van der Waals surface area contributed by atoms with Crippen LogP contribution in [0.4, 0.5) is 11.6 Å². The van der Waals surface area contributed by atoms with Gasteiger partial charge in [0, 0.05) is 32.7 Å². The average molecular weight is 627 g/mol. The molecule has 3 unspecified atom stereocenters. The van der Waals surface area contributed by atoms with E-state index in [0.29, 0.717) is 30.6 Å². The molecule has 7 heteroatoms. The van der Waals surface area contributed by atoms with E-state index >= 15 is 0 Å². The topological polar surface area (TPSA) is 88.4 Å². The van der Waals surface area contributed by atoms with Crippen molar-refractivity contribution in [2.24, 2.45) is 11.8 Å². The third-order valence-electron chi connectivity index (χ3n) is 10.9. The summed E-state index contributed by atoms with van der Waals surface area (Å²) in [5, 5.41) is 10.2. The summed E-state index contributed by atoms with van der Waals surface area (Å²) in [6, 6.07) is 14.7. The Morgan fingerprint density at radius 2 is 1.57 bits per heavy atom. The molecule has 3 atom stereocenters. The summed E-state index contributed by atoms with van der Waals surface area (Å²) in [5.74, 6) is 3.94. The molecule has 46 heavy (non-hydrogen) atoms. The van der Waals surface area contributed by atoms with Crippen LogP contribution in [0.2, 0.25) is 0 Å². The molecule has 7 nitrogen and oxygen atoms in total. The summed E-state index contributed by atoms with van der Waals surface area (Å²) < 4.78 is 11.8. The lowest BCUT2D eigenvalue weighted by atomic mass is 9.62. The number of aromatic nitrogens is 1. The molecule has 1 aliphatic heterocycles. The maximum atomic E-state index is 13.1. The molecule has 3 heterocycles. The number of carbonyl (C=O) groups excluding carboxylic acids is 1. The van der Waals surface area contributed by atoms with E-state index in [1.54, 1.807) is 0 Å². The highest BCUT2D eigenvalue weighted by molar-refractivity contribution is 5.91. The van der Waals surface area contributed by atoms with Crippen LogP contribution >= 0.6 is 0 Å². The average Bonchev–Trinajstić information content (AvgIpc) is 3.74. The molecule has 2 aliphatic carbocycles. The zero-order chi connectivity index (χ0) is 32.3. The Labute approximate surface area is 275 Å². The van der Waals surface area contributed by atoms with Crippen molar-refractivity contribution in [2.75, 3.05) is 36.9 Å². The molecule has 2 fully saturated rings. The monoisotopic (exact) mass is 626 g/mol.